The molecule has 0 N–H and O–H groups in total. The molecule has 0 amide bonds. The van der Waals surface area contributed by atoms with Gasteiger partial charge in [0, 0.05) is 0 Å². The topological polar surface area (TPSA) is 0 Å². The minimum atomic E-state index is 0.240. The number of hydrogen-bond acceptors (Lipinski definition) is 0. The summed E-state index contributed by atoms with van der Waals surface area (Å²) < 4.78 is 0. The zero-order valence-electron chi connectivity index (χ0n) is 48.6. The van der Waals surface area contributed by atoms with Gasteiger partial charge in [-0.15, -0.1) is 0 Å². The Hall–Kier alpha value is -0.780. The van der Waals surface area contributed by atoms with E-state index < -0.39 is 0 Å². The van der Waals surface area contributed by atoms with Gasteiger partial charge in [-0.25, -0.2) is 0 Å². The van der Waals surface area contributed by atoms with Crippen molar-refractivity contribution in [3.63, 3.8) is 0 Å². The average Bonchev–Trinajstić information content (AvgIpc) is 2.94. The average molecular weight is 830 g/mol. The van der Waals surface area contributed by atoms with Crippen LogP contribution in [0.5, 0.6) is 0 Å². The van der Waals surface area contributed by atoms with Gasteiger partial charge in [-0.05, 0) is 107 Å². The van der Waals surface area contributed by atoms with Crippen LogP contribution in [0.1, 0.15) is 280 Å². The van der Waals surface area contributed by atoms with Crippen LogP contribution < -0.4 is 0 Å². The summed E-state index contributed by atoms with van der Waals surface area (Å²) in [6, 6.07) is 8.77. The summed E-state index contributed by atoms with van der Waals surface area (Å²) in [5, 5.41) is 0. The Morgan fingerprint density at radius 1 is 0.339 bits per heavy atom. The predicted octanol–water partition coefficient (Wildman–Crippen LogP) is 21.1. The summed E-state index contributed by atoms with van der Waals surface area (Å²) in [7, 11) is 0. The van der Waals surface area contributed by atoms with Crippen molar-refractivity contribution < 1.29 is 0 Å². The number of hydrogen-bond donors (Lipinski definition) is 0. The molecule has 0 nitrogen and oxygen atoms in total. The Kier molecular flexibility index (Phi) is 24.4. The maximum atomic E-state index is 2.40. The van der Waals surface area contributed by atoms with E-state index in [1.54, 1.807) is 0 Å². The lowest BCUT2D eigenvalue weighted by molar-refractivity contribution is -0.0790. The first-order valence-corrected chi connectivity index (χ1v) is 24.5. The van der Waals surface area contributed by atoms with Gasteiger partial charge in [0.05, 0.1) is 0 Å². The molecule has 0 aliphatic heterocycles. The van der Waals surface area contributed by atoms with Crippen molar-refractivity contribution in [2.24, 2.45) is 66.0 Å². The summed E-state index contributed by atoms with van der Waals surface area (Å²) in [5.74, 6) is 1.91. The summed E-state index contributed by atoms with van der Waals surface area (Å²) in [4.78, 5) is 0. The monoisotopic (exact) mass is 829 g/mol. The van der Waals surface area contributed by atoms with Gasteiger partial charge >= 0.3 is 0 Å². The molecule has 0 heteroatoms. The highest BCUT2D eigenvalue weighted by Gasteiger charge is 2.51. The molecule has 0 bridgehead atoms. The molecule has 2 unspecified atom stereocenters. The fraction of sp³-hybridized carbons (Fsp3) is 0.898. The molecule has 0 radical (unpaired) electrons. The molecule has 1 saturated carbocycles. The second kappa shape index (κ2) is 22.2. The van der Waals surface area contributed by atoms with Crippen LogP contribution in [0, 0.1) is 66.0 Å². The zero-order valence-corrected chi connectivity index (χ0v) is 48.6. The molecule has 1 aliphatic carbocycles. The van der Waals surface area contributed by atoms with E-state index in [0.29, 0.717) is 54.1 Å². The summed E-state index contributed by atoms with van der Waals surface area (Å²) in [5.41, 5.74) is 7.27. The standard InChI is InChI=1S/C15H32.C14H22.C14H30.C12H24.2C2H6/c1-12(2,3)14(7,8)11-15(9,10)13(4,5)6;1-13(2,3)11-9-7-8-10-12(11)14(4,5)6;1-11(2,3)13(7,8)14(9,10)12(4,5)6;1-11(2,3)9-7-8-10(9)12(4,5)6;2*1-2/h11H2,1-10H3;7-10H,1-6H3;1-10H3;9-10H,7-8H2,1-6H3;2*1-2H3. The van der Waals surface area contributed by atoms with Crippen LogP contribution >= 0.6 is 0 Å². The van der Waals surface area contributed by atoms with Crippen LogP contribution in [0.4, 0.5) is 0 Å². The molecule has 0 aromatic heterocycles. The fourth-order valence-corrected chi connectivity index (χ4v) is 7.87. The molecule has 59 heavy (non-hydrogen) atoms. The molecular formula is C59H120. The van der Waals surface area contributed by atoms with Crippen molar-refractivity contribution in [2.45, 2.75) is 279 Å². The molecule has 1 aromatic carbocycles. The molecule has 1 fully saturated rings. The Balaban J connectivity index is -0.000000332. The predicted molar refractivity (Wildman–Crippen MR) is 279 cm³/mol. The first-order valence-electron chi connectivity index (χ1n) is 24.5. The van der Waals surface area contributed by atoms with Gasteiger partial charge in [0.15, 0.2) is 0 Å². The van der Waals surface area contributed by atoms with Gasteiger partial charge in [0.25, 0.3) is 0 Å². The first-order chi connectivity index (χ1) is 25.4. The lowest BCUT2D eigenvalue weighted by atomic mass is 9.48. The smallest absolute Gasteiger partial charge is 0.0129 e. The summed E-state index contributed by atoms with van der Waals surface area (Å²) in [6.45, 7) is 83.4. The van der Waals surface area contributed by atoms with Gasteiger partial charge in [-0.1, -0.05) is 274 Å². The van der Waals surface area contributed by atoms with E-state index in [4.69, 9.17) is 0 Å². The van der Waals surface area contributed by atoms with Crippen molar-refractivity contribution in [1.82, 2.24) is 0 Å². The highest BCUT2D eigenvalue weighted by atomic mass is 14.6. The molecular weight excluding hydrogens is 709 g/mol. The van der Waals surface area contributed by atoms with Crippen LogP contribution in [-0.4, -0.2) is 0 Å². The number of benzene rings is 1. The molecule has 0 spiro atoms. The Morgan fingerprint density at radius 3 is 0.661 bits per heavy atom. The quantitative estimate of drug-likeness (QED) is 0.285. The molecule has 2 atom stereocenters. The minimum absolute atomic E-state index is 0.240. The van der Waals surface area contributed by atoms with Crippen molar-refractivity contribution >= 4 is 0 Å². The van der Waals surface area contributed by atoms with E-state index in [1.165, 1.54) is 30.4 Å². The van der Waals surface area contributed by atoms with Gasteiger partial charge < -0.3 is 0 Å². The second-order valence-electron chi connectivity index (χ2n) is 28.8. The van der Waals surface area contributed by atoms with Crippen molar-refractivity contribution in [1.29, 1.82) is 0 Å². The largest absolute Gasteiger partial charge is 0.0683 e. The lowest BCUT2D eigenvalue weighted by Gasteiger charge is -2.57. The van der Waals surface area contributed by atoms with Crippen molar-refractivity contribution in [3.8, 4) is 0 Å². The third-order valence-electron chi connectivity index (χ3n) is 16.3. The SMILES string of the molecule is CC.CC.CC(C)(C)C(C)(C)C(C)(C)C(C)(C)C.CC(C)(C)C(C)(C)CC(C)(C)C(C)(C)C.CC(C)(C)C1CCC1C(C)(C)C.CC(C)(C)c1ccccc1C(C)(C)C. The summed E-state index contributed by atoms with van der Waals surface area (Å²) in [6.07, 6.45) is 4.17. The van der Waals surface area contributed by atoms with E-state index >= 15 is 0 Å². The molecule has 0 saturated heterocycles. The van der Waals surface area contributed by atoms with E-state index in [0.717, 1.165) is 11.8 Å². The Bertz CT molecular complexity index is 1160. The Labute approximate surface area is 379 Å². The van der Waals surface area contributed by atoms with Crippen LogP contribution in [0.2, 0.25) is 0 Å². The number of rotatable bonds is 3. The minimum Gasteiger partial charge on any atom is -0.0683 e. The van der Waals surface area contributed by atoms with E-state index in [1.807, 2.05) is 27.7 Å². The maximum Gasteiger partial charge on any atom is -0.0129 e. The van der Waals surface area contributed by atoms with Crippen LogP contribution in [0.15, 0.2) is 24.3 Å². The zero-order chi connectivity index (χ0) is 49.3. The fourth-order valence-electron chi connectivity index (χ4n) is 7.87. The van der Waals surface area contributed by atoms with Crippen LogP contribution in [0.3, 0.4) is 0 Å². The second-order valence-corrected chi connectivity index (χ2v) is 28.8. The van der Waals surface area contributed by atoms with Crippen molar-refractivity contribution in [2.75, 3.05) is 0 Å². The van der Waals surface area contributed by atoms with Gasteiger partial charge in [0.1, 0.15) is 0 Å². The highest BCUT2D eigenvalue weighted by molar-refractivity contribution is 5.37. The summed E-state index contributed by atoms with van der Waals surface area (Å²) >= 11 is 0. The lowest BCUT2D eigenvalue weighted by Crippen LogP contribution is -2.49. The molecule has 1 aromatic rings. The molecule has 0 heterocycles. The van der Waals surface area contributed by atoms with Gasteiger partial charge in [-0.3, -0.25) is 0 Å². The third kappa shape index (κ3) is 19.7. The molecule has 1 aliphatic rings. The van der Waals surface area contributed by atoms with Crippen LogP contribution in [0.25, 0.3) is 0 Å². The molecule has 356 valence electrons. The van der Waals surface area contributed by atoms with Gasteiger partial charge in [-0.2, -0.15) is 0 Å². The van der Waals surface area contributed by atoms with E-state index in [2.05, 4.69) is 246 Å². The molecule has 2 rings (SSSR count). The first kappa shape index (κ1) is 64.8. The van der Waals surface area contributed by atoms with E-state index in [9.17, 15) is 0 Å². The van der Waals surface area contributed by atoms with E-state index in [-0.39, 0.29) is 10.8 Å². The third-order valence-corrected chi connectivity index (χ3v) is 16.3. The normalized spacial score (nSPS) is 17.4. The van der Waals surface area contributed by atoms with Gasteiger partial charge in [0.2, 0.25) is 0 Å². The van der Waals surface area contributed by atoms with Crippen molar-refractivity contribution in [3.05, 3.63) is 35.4 Å². The Morgan fingerprint density at radius 2 is 0.542 bits per heavy atom. The highest BCUT2D eigenvalue weighted by Crippen LogP contribution is 2.59. The maximum absolute atomic E-state index is 2.40. The van der Waals surface area contributed by atoms with Crippen LogP contribution in [-0.2, 0) is 10.8 Å².